The first-order chi connectivity index (χ1) is 13.9. The molecule has 0 fully saturated rings. The van der Waals surface area contributed by atoms with Crippen LogP contribution in [0.15, 0.2) is 57.9 Å². The number of aromatic nitrogens is 3. The summed E-state index contributed by atoms with van der Waals surface area (Å²) in [6.07, 6.45) is 2.86. The van der Waals surface area contributed by atoms with Gasteiger partial charge in [-0.15, -0.1) is 13.2 Å². The summed E-state index contributed by atoms with van der Waals surface area (Å²) in [5.74, 6) is 1.29. The number of methoxy groups -OCH3 is 2. The molecule has 0 spiro atoms. The summed E-state index contributed by atoms with van der Waals surface area (Å²) in [7, 11) is 4.89. The lowest BCUT2D eigenvalue weighted by Gasteiger charge is -2.20. The topological polar surface area (TPSA) is 87.7 Å². The number of hydrogen-bond donors (Lipinski definition) is 0. The van der Waals surface area contributed by atoms with Crippen molar-refractivity contribution in [1.29, 1.82) is 0 Å². The number of hydrogen-bond acceptors (Lipinski definition) is 6. The van der Waals surface area contributed by atoms with Gasteiger partial charge in [0.15, 0.2) is 0 Å². The minimum absolute atomic E-state index is 0.00507. The summed E-state index contributed by atoms with van der Waals surface area (Å²) < 4.78 is 13.6. The highest BCUT2D eigenvalue weighted by Gasteiger charge is 2.16. The van der Waals surface area contributed by atoms with Crippen molar-refractivity contribution >= 4 is 0 Å². The van der Waals surface area contributed by atoms with Crippen LogP contribution in [0, 0.1) is 0 Å². The highest BCUT2D eigenvalue weighted by atomic mass is 16.5. The Hall–Kier alpha value is -3.33. The molecule has 0 atom stereocenters. The molecule has 1 aromatic carbocycles. The lowest BCUT2D eigenvalue weighted by atomic mass is 10.2. The predicted molar refractivity (Wildman–Crippen MR) is 111 cm³/mol. The Morgan fingerprint density at radius 1 is 0.931 bits per heavy atom. The molecule has 9 nitrogen and oxygen atoms in total. The molecule has 2 aromatic rings. The number of ether oxygens (including phenoxy) is 2. The molecular weight excluding hydrogens is 376 g/mol. The Morgan fingerprint density at radius 3 is 1.97 bits per heavy atom. The standard InChI is InChI=1S/C20H26N4O5/c1-6-10-22-18(25)23(11-7-2)20(27)24(19(22)26)14-21(3)13-15-8-9-16(28-4)12-17(15)29-5/h6-9,12H,1-2,10-11,13-14H2,3-5H3. The first-order valence-electron chi connectivity index (χ1n) is 8.93. The van der Waals surface area contributed by atoms with E-state index in [2.05, 4.69) is 13.2 Å². The number of rotatable bonds is 10. The molecule has 1 aromatic heterocycles. The lowest BCUT2D eigenvalue weighted by Crippen LogP contribution is -2.55. The van der Waals surface area contributed by atoms with Crippen LogP contribution in [0.25, 0.3) is 0 Å². The van der Waals surface area contributed by atoms with Crippen LogP contribution in [0.1, 0.15) is 5.56 Å². The quantitative estimate of drug-likeness (QED) is 0.543. The van der Waals surface area contributed by atoms with Crippen LogP contribution in [0.3, 0.4) is 0 Å². The van der Waals surface area contributed by atoms with Gasteiger partial charge in [0, 0.05) is 18.2 Å². The van der Waals surface area contributed by atoms with Gasteiger partial charge in [0.2, 0.25) is 0 Å². The molecule has 0 aliphatic carbocycles. The van der Waals surface area contributed by atoms with E-state index in [1.165, 1.54) is 12.2 Å². The molecule has 0 radical (unpaired) electrons. The van der Waals surface area contributed by atoms with Crippen LogP contribution in [0.4, 0.5) is 0 Å². The van der Waals surface area contributed by atoms with Gasteiger partial charge in [-0.1, -0.05) is 18.2 Å². The number of allylic oxidation sites excluding steroid dienone is 2. The smallest absolute Gasteiger partial charge is 0.337 e. The monoisotopic (exact) mass is 402 g/mol. The summed E-state index contributed by atoms with van der Waals surface area (Å²) in [5, 5.41) is 0. The van der Waals surface area contributed by atoms with Crippen molar-refractivity contribution in [2.24, 2.45) is 0 Å². The third kappa shape index (κ3) is 4.75. The highest BCUT2D eigenvalue weighted by Crippen LogP contribution is 2.25. The van der Waals surface area contributed by atoms with Gasteiger partial charge in [0.05, 0.1) is 34.0 Å². The van der Waals surface area contributed by atoms with Crippen LogP contribution in [0.2, 0.25) is 0 Å². The average molecular weight is 402 g/mol. The maximum Gasteiger partial charge on any atom is 0.337 e. The van der Waals surface area contributed by atoms with Gasteiger partial charge in [-0.3, -0.25) is 4.90 Å². The van der Waals surface area contributed by atoms with Gasteiger partial charge in [-0.05, 0) is 13.1 Å². The van der Waals surface area contributed by atoms with Gasteiger partial charge in [0.1, 0.15) is 11.5 Å². The first-order valence-corrected chi connectivity index (χ1v) is 8.93. The fourth-order valence-corrected chi connectivity index (χ4v) is 2.94. The molecule has 156 valence electrons. The maximum atomic E-state index is 12.7. The normalized spacial score (nSPS) is 10.8. The molecule has 2 rings (SSSR count). The lowest BCUT2D eigenvalue weighted by molar-refractivity contribution is 0.236. The van der Waals surface area contributed by atoms with Crippen molar-refractivity contribution in [3.63, 3.8) is 0 Å². The van der Waals surface area contributed by atoms with Crippen molar-refractivity contribution in [3.8, 4) is 11.5 Å². The fraction of sp³-hybridized carbons (Fsp3) is 0.350. The SMILES string of the molecule is C=CCn1c(=O)n(CC=C)c(=O)n(CN(C)Cc2ccc(OC)cc2OC)c1=O. The Labute approximate surface area is 168 Å². The Bertz CT molecular complexity index is 1020. The van der Waals surface area contributed by atoms with E-state index in [-0.39, 0.29) is 19.8 Å². The second-order valence-electron chi connectivity index (χ2n) is 6.41. The van der Waals surface area contributed by atoms with Crippen LogP contribution >= 0.6 is 0 Å². The largest absolute Gasteiger partial charge is 0.497 e. The average Bonchev–Trinajstić information content (AvgIpc) is 2.72. The van der Waals surface area contributed by atoms with E-state index >= 15 is 0 Å². The molecule has 0 amide bonds. The summed E-state index contributed by atoms with van der Waals surface area (Å²) in [4.78, 5) is 39.7. The van der Waals surface area contributed by atoms with Crippen molar-refractivity contribution in [1.82, 2.24) is 18.6 Å². The Kier molecular flexibility index (Phi) is 7.38. The van der Waals surface area contributed by atoms with Gasteiger partial charge in [0.25, 0.3) is 0 Å². The summed E-state index contributed by atoms with van der Waals surface area (Å²) in [5.41, 5.74) is -1.20. The van der Waals surface area contributed by atoms with Crippen LogP contribution in [0.5, 0.6) is 11.5 Å². The van der Waals surface area contributed by atoms with E-state index in [0.29, 0.717) is 18.0 Å². The third-order valence-corrected chi connectivity index (χ3v) is 4.33. The summed E-state index contributed by atoms with van der Waals surface area (Å²) in [6.45, 7) is 7.53. The van der Waals surface area contributed by atoms with Crippen LogP contribution < -0.4 is 26.5 Å². The van der Waals surface area contributed by atoms with Crippen LogP contribution in [-0.2, 0) is 26.3 Å². The zero-order chi connectivity index (χ0) is 21.6. The molecule has 29 heavy (non-hydrogen) atoms. The molecule has 0 aliphatic rings. The second kappa shape index (κ2) is 9.74. The fourth-order valence-electron chi connectivity index (χ4n) is 2.94. The molecule has 1 heterocycles. The Balaban J connectivity index is 2.42. The van der Waals surface area contributed by atoms with E-state index in [1.54, 1.807) is 38.3 Å². The van der Waals surface area contributed by atoms with E-state index in [0.717, 1.165) is 19.3 Å². The third-order valence-electron chi connectivity index (χ3n) is 4.33. The van der Waals surface area contributed by atoms with Gasteiger partial charge in [-0.2, -0.15) is 0 Å². The molecule has 0 saturated heterocycles. The summed E-state index contributed by atoms with van der Waals surface area (Å²) in [6, 6.07) is 5.42. The Morgan fingerprint density at radius 2 is 1.48 bits per heavy atom. The van der Waals surface area contributed by atoms with Crippen molar-refractivity contribution in [2.75, 3.05) is 21.3 Å². The number of nitrogens with zero attached hydrogens (tertiary/aromatic N) is 4. The maximum absolute atomic E-state index is 12.7. The van der Waals surface area contributed by atoms with Crippen molar-refractivity contribution in [3.05, 3.63) is 80.5 Å². The van der Waals surface area contributed by atoms with E-state index in [9.17, 15) is 14.4 Å². The molecule has 0 bridgehead atoms. The molecule has 0 unspecified atom stereocenters. The molecule has 9 heteroatoms. The first kappa shape index (κ1) is 22.0. The second-order valence-corrected chi connectivity index (χ2v) is 6.41. The molecule has 0 aliphatic heterocycles. The number of benzene rings is 1. The highest BCUT2D eigenvalue weighted by molar-refractivity contribution is 5.40. The predicted octanol–water partition coefficient (Wildman–Crippen LogP) is 0.650. The van der Waals surface area contributed by atoms with Crippen LogP contribution in [-0.4, -0.2) is 39.9 Å². The van der Waals surface area contributed by atoms with E-state index in [1.807, 2.05) is 6.07 Å². The van der Waals surface area contributed by atoms with Crippen molar-refractivity contribution in [2.45, 2.75) is 26.3 Å². The van der Waals surface area contributed by atoms with E-state index < -0.39 is 17.1 Å². The molecule has 0 saturated carbocycles. The van der Waals surface area contributed by atoms with E-state index in [4.69, 9.17) is 9.47 Å². The molecular formula is C20H26N4O5. The van der Waals surface area contributed by atoms with Gasteiger partial charge < -0.3 is 9.47 Å². The zero-order valence-electron chi connectivity index (χ0n) is 17.0. The molecule has 0 N–H and O–H groups in total. The van der Waals surface area contributed by atoms with Crippen molar-refractivity contribution < 1.29 is 9.47 Å². The minimum Gasteiger partial charge on any atom is -0.497 e. The minimum atomic E-state index is -0.686. The van der Waals surface area contributed by atoms with Gasteiger partial charge >= 0.3 is 17.1 Å². The van der Waals surface area contributed by atoms with Gasteiger partial charge in [-0.25, -0.2) is 28.1 Å². The zero-order valence-corrected chi connectivity index (χ0v) is 17.0. The summed E-state index contributed by atoms with van der Waals surface area (Å²) >= 11 is 0.